The van der Waals surface area contributed by atoms with E-state index in [4.69, 9.17) is 5.26 Å². The van der Waals surface area contributed by atoms with E-state index in [0.29, 0.717) is 18.7 Å². The smallest absolute Gasteiger partial charge is 0.254 e. The van der Waals surface area contributed by atoms with Gasteiger partial charge in [0, 0.05) is 19.3 Å². The first kappa shape index (κ1) is 12.8. The van der Waals surface area contributed by atoms with Crippen molar-refractivity contribution in [3.8, 4) is 6.07 Å². The third kappa shape index (κ3) is 2.97. The number of hydrogen-bond donors (Lipinski definition) is 1. The van der Waals surface area contributed by atoms with E-state index in [2.05, 4.69) is 9.71 Å². The molecular formula is C11H14N4O2S. The molecule has 0 bridgehead atoms. The zero-order valence-corrected chi connectivity index (χ0v) is 10.7. The van der Waals surface area contributed by atoms with Gasteiger partial charge in [-0.2, -0.15) is 18.0 Å². The molecule has 0 spiro atoms. The molecule has 18 heavy (non-hydrogen) atoms. The number of aromatic nitrogens is 1. The van der Waals surface area contributed by atoms with E-state index >= 15 is 0 Å². The molecule has 2 rings (SSSR count). The van der Waals surface area contributed by atoms with Gasteiger partial charge >= 0.3 is 10.2 Å². The minimum Gasteiger partial charge on any atom is -0.254 e. The monoisotopic (exact) mass is 266 g/mol. The molecule has 0 atom stereocenters. The van der Waals surface area contributed by atoms with Crippen LogP contribution in [0.1, 0.15) is 24.8 Å². The Bertz CT molecular complexity index is 541. The quantitative estimate of drug-likeness (QED) is 0.887. The molecule has 1 aromatic heterocycles. The molecule has 1 N–H and O–H groups in total. The first-order chi connectivity index (χ1) is 8.62. The Kier molecular flexibility index (Phi) is 3.79. The zero-order valence-electron chi connectivity index (χ0n) is 9.83. The van der Waals surface area contributed by atoms with Gasteiger partial charge in [0.2, 0.25) is 0 Å². The van der Waals surface area contributed by atoms with Gasteiger partial charge in [0.25, 0.3) is 0 Å². The standard InChI is InChI=1S/C11H14N4O2S/c12-8-10-4-5-11(13-9-10)14-18(16,17)15-6-2-1-3-7-15/h4-5,9H,1-3,6-7H2,(H,13,14). The summed E-state index contributed by atoms with van der Waals surface area (Å²) in [6.45, 7) is 1.09. The average Bonchev–Trinajstić information content (AvgIpc) is 2.40. The lowest BCUT2D eigenvalue weighted by Crippen LogP contribution is -2.39. The first-order valence-electron chi connectivity index (χ1n) is 5.76. The van der Waals surface area contributed by atoms with Crippen molar-refractivity contribution in [3.63, 3.8) is 0 Å². The van der Waals surface area contributed by atoms with Crippen molar-refractivity contribution in [2.45, 2.75) is 19.3 Å². The number of nitrogens with zero attached hydrogens (tertiary/aromatic N) is 3. The van der Waals surface area contributed by atoms with Crippen LogP contribution in [0.5, 0.6) is 0 Å². The Morgan fingerprint density at radius 1 is 1.28 bits per heavy atom. The highest BCUT2D eigenvalue weighted by atomic mass is 32.2. The molecule has 0 unspecified atom stereocenters. The summed E-state index contributed by atoms with van der Waals surface area (Å²) in [5, 5.41) is 8.63. The highest BCUT2D eigenvalue weighted by molar-refractivity contribution is 7.90. The fraction of sp³-hybridized carbons (Fsp3) is 0.455. The van der Waals surface area contributed by atoms with E-state index < -0.39 is 10.2 Å². The summed E-state index contributed by atoms with van der Waals surface area (Å²) in [5.74, 6) is 0.236. The second-order valence-corrected chi connectivity index (χ2v) is 5.78. The largest absolute Gasteiger partial charge is 0.302 e. The number of nitrogens with one attached hydrogen (secondary N) is 1. The van der Waals surface area contributed by atoms with Gasteiger partial charge < -0.3 is 0 Å². The number of piperidine rings is 1. The predicted octanol–water partition coefficient (Wildman–Crippen LogP) is 1.10. The number of anilines is 1. The summed E-state index contributed by atoms with van der Waals surface area (Å²) in [7, 11) is -3.52. The van der Waals surface area contributed by atoms with E-state index in [0.717, 1.165) is 19.3 Å². The van der Waals surface area contributed by atoms with Crippen LogP contribution in [0, 0.1) is 11.3 Å². The minimum atomic E-state index is -3.52. The SMILES string of the molecule is N#Cc1ccc(NS(=O)(=O)N2CCCCC2)nc1. The van der Waals surface area contributed by atoms with Crippen molar-refractivity contribution in [3.05, 3.63) is 23.9 Å². The molecule has 0 radical (unpaired) electrons. The molecule has 1 fully saturated rings. The van der Waals surface area contributed by atoms with Gasteiger partial charge in [-0.3, -0.25) is 4.72 Å². The lowest BCUT2D eigenvalue weighted by molar-refractivity contribution is 0.349. The third-order valence-corrected chi connectivity index (χ3v) is 4.29. The van der Waals surface area contributed by atoms with Crippen LogP contribution in [0.15, 0.2) is 18.3 Å². The Morgan fingerprint density at radius 2 is 2.00 bits per heavy atom. The maximum Gasteiger partial charge on any atom is 0.302 e. The normalized spacial score (nSPS) is 17.1. The predicted molar refractivity (Wildman–Crippen MR) is 66.9 cm³/mol. The highest BCUT2D eigenvalue weighted by Crippen LogP contribution is 2.15. The van der Waals surface area contributed by atoms with Crippen LogP contribution in [0.25, 0.3) is 0 Å². The fourth-order valence-electron chi connectivity index (χ4n) is 1.82. The van der Waals surface area contributed by atoms with Crippen LogP contribution in [-0.4, -0.2) is 30.8 Å². The minimum absolute atomic E-state index is 0.236. The maximum atomic E-state index is 12.0. The second kappa shape index (κ2) is 5.33. The van der Waals surface area contributed by atoms with Crippen molar-refractivity contribution in [1.82, 2.24) is 9.29 Å². The molecular weight excluding hydrogens is 252 g/mol. The van der Waals surface area contributed by atoms with E-state index in [-0.39, 0.29) is 5.82 Å². The van der Waals surface area contributed by atoms with Crippen LogP contribution in [0.3, 0.4) is 0 Å². The summed E-state index contributed by atoms with van der Waals surface area (Å²) in [4.78, 5) is 3.89. The first-order valence-corrected chi connectivity index (χ1v) is 7.20. The summed E-state index contributed by atoms with van der Waals surface area (Å²) in [6.07, 6.45) is 4.19. The summed E-state index contributed by atoms with van der Waals surface area (Å²) < 4.78 is 27.9. The molecule has 96 valence electrons. The second-order valence-electron chi connectivity index (χ2n) is 4.11. The fourth-order valence-corrected chi connectivity index (χ4v) is 3.08. The molecule has 1 aromatic rings. The maximum absolute atomic E-state index is 12.0. The number of pyridine rings is 1. The lowest BCUT2D eigenvalue weighted by Gasteiger charge is -2.25. The van der Waals surface area contributed by atoms with Gasteiger partial charge in [0.1, 0.15) is 11.9 Å². The average molecular weight is 266 g/mol. The topological polar surface area (TPSA) is 86.1 Å². The molecule has 0 aliphatic carbocycles. The Morgan fingerprint density at radius 3 is 2.56 bits per heavy atom. The summed E-state index contributed by atoms with van der Waals surface area (Å²) in [6, 6.07) is 4.95. The van der Waals surface area contributed by atoms with Crippen LogP contribution < -0.4 is 4.72 Å². The number of nitriles is 1. The van der Waals surface area contributed by atoms with Crippen LogP contribution in [-0.2, 0) is 10.2 Å². The molecule has 1 aliphatic rings. The molecule has 2 heterocycles. The Hall–Kier alpha value is -1.65. The molecule has 7 heteroatoms. The van der Waals surface area contributed by atoms with Crippen molar-refractivity contribution in [2.24, 2.45) is 0 Å². The number of rotatable bonds is 3. The van der Waals surface area contributed by atoms with E-state index in [1.807, 2.05) is 6.07 Å². The summed E-state index contributed by atoms with van der Waals surface area (Å²) >= 11 is 0. The third-order valence-electron chi connectivity index (χ3n) is 2.78. The van der Waals surface area contributed by atoms with E-state index in [1.165, 1.54) is 22.6 Å². The molecule has 1 saturated heterocycles. The van der Waals surface area contributed by atoms with Gasteiger partial charge in [0.05, 0.1) is 5.56 Å². The van der Waals surface area contributed by atoms with E-state index in [1.54, 1.807) is 0 Å². The zero-order chi connectivity index (χ0) is 13.0. The lowest BCUT2D eigenvalue weighted by atomic mass is 10.2. The molecule has 6 nitrogen and oxygen atoms in total. The van der Waals surface area contributed by atoms with Crippen molar-refractivity contribution in [1.29, 1.82) is 5.26 Å². The van der Waals surface area contributed by atoms with Gasteiger partial charge in [-0.15, -0.1) is 0 Å². The summed E-state index contributed by atoms with van der Waals surface area (Å²) in [5.41, 5.74) is 0.399. The Balaban J connectivity index is 2.09. The van der Waals surface area contributed by atoms with Crippen LogP contribution in [0.2, 0.25) is 0 Å². The molecule has 0 aromatic carbocycles. The van der Waals surface area contributed by atoms with Crippen LogP contribution >= 0.6 is 0 Å². The number of hydrogen-bond acceptors (Lipinski definition) is 4. The molecule has 0 amide bonds. The van der Waals surface area contributed by atoms with Crippen molar-refractivity contribution in [2.75, 3.05) is 17.8 Å². The van der Waals surface area contributed by atoms with Crippen molar-refractivity contribution >= 4 is 16.0 Å². The highest BCUT2D eigenvalue weighted by Gasteiger charge is 2.23. The van der Waals surface area contributed by atoms with Gasteiger partial charge in [0.15, 0.2) is 0 Å². The molecule has 1 aliphatic heterocycles. The van der Waals surface area contributed by atoms with Gasteiger partial charge in [-0.05, 0) is 25.0 Å². The van der Waals surface area contributed by atoms with Crippen molar-refractivity contribution < 1.29 is 8.42 Å². The Labute approximate surface area is 106 Å². The van der Waals surface area contributed by atoms with Gasteiger partial charge in [-0.1, -0.05) is 6.42 Å². The van der Waals surface area contributed by atoms with E-state index in [9.17, 15) is 8.42 Å². The van der Waals surface area contributed by atoms with Crippen LogP contribution in [0.4, 0.5) is 5.82 Å². The molecule has 0 saturated carbocycles. The van der Waals surface area contributed by atoms with Gasteiger partial charge in [-0.25, -0.2) is 4.98 Å².